The number of carbonyl (C=O) groups excluding carboxylic acids is 1. The van der Waals surface area contributed by atoms with Crippen molar-refractivity contribution in [1.82, 2.24) is 4.90 Å². The average molecular weight is 353 g/mol. The van der Waals surface area contributed by atoms with Crippen LogP contribution in [0, 0.1) is 0 Å². The van der Waals surface area contributed by atoms with Crippen molar-refractivity contribution in [1.29, 1.82) is 0 Å². The lowest BCUT2D eigenvalue weighted by Crippen LogP contribution is -2.53. The summed E-state index contributed by atoms with van der Waals surface area (Å²) in [7, 11) is 0. The molecule has 0 bridgehead atoms. The Balaban J connectivity index is 0.00000208. The van der Waals surface area contributed by atoms with Crippen LogP contribution in [-0.4, -0.2) is 42.1 Å². The summed E-state index contributed by atoms with van der Waals surface area (Å²) in [6.45, 7) is 2.26. The number of carbonyl (C=O) groups is 1. The summed E-state index contributed by atoms with van der Waals surface area (Å²) in [6, 6.07) is 10.5. The third kappa shape index (κ3) is 4.71. The number of halogens is 1. The molecule has 2 fully saturated rings. The van der Waals surface area contributed by atoms with Gasteiger partial charge in [0.15, 0.2) is 0 Å². The third-order valence-electron chi connectivity index (χ3n) is 5.16. The Morgan fingerprint density at radius 2 is 1.96 bits per heavy atom. The number of likely N-dealkylation sites (tertiary alicyclic amines) is 1. The first-order valence-electron chi connectivity index (χ1n) is 8.91. The molecular formula is C19H29ClN2O2. The molecule has 1 saturated carbocycles. The Bertz CT molecular complexity index is 517. The predicted octanol–water partition coefficient (Wildman–Crippen LogP) is 2.93. The van der Waals surface area contributed by atoms with Gasteiger partial charge in [-0.15, -0.1) is 12.4 Å². The van der Waals surface area contributed by atoms with E-state index >= 15 is 0 Å². The van der Waals surface area contributed by atoms with Crippen LogP contribution >= 0.6 is 12.4 Å². The topological polar surface area (TPSA) is 55.6 Å². The molecule has 2 aliphatic rings. The maximum atomic E-state index is 12.6. The van der Waals surface area contributed by atoms with Crippen molar-refractivity contribution in [3.63, 3.8) is 0 Å². The summed E-state index contributed by atoms with van der Waals surface area (Å²) in [4.78, 5) is 14.5. The van der Waals surface area contributed by atoms with E-state index < -0.39 is 5.54 Å². The number of hydrogen-bond donors (Lipinski definition) is 1. The Morgan fingerprint density at radius 1 is 1.25 bits per heavy atom. The van der Waals surface area contributed by atoms with Crippen molar-refractivity contribution < 1.29 is 9.53 Å². The van der Waals surface area contributed by atoms with Crippen molar-refractivity contribution in [3.05, 3.63) is 35.9 Å². The van der Waals surface area contributed by atoms with Crippen molar-refractivity contribution in [2.24, 2.45) is 5.73 Å². The molecule has 1 amide bonds. The SMILES string of the molecule is Cl.NC1(C(=O)N2CCC(OCCCc3ccccc3)C2)CCCC1. The lowest BCUT2D eigenvalue weighted by molar-refractivity contribution is -0.136. The van der Waals surface area contributed by atoms with E-state index in [4.69, 9.17) is 10.5 Å². The summed E-state index contributed by atoms with van der Waals surface area (Å²) in [5, 5.41) is 0. The highest BCUT2D eigenvalue weighted by Crippen LogP contribution is 2.30. The van der Waals surface area contributed by atoms with Crippen LogP contribution in [0.5, 0.6) is 0 Å². The van der Waals surface area contributed by atoms with Gasteiger partial charge in [-0.3, -0.25) is 4.79 Å². The lowest BCUT2D eigenvalue weighted by Gasteiger charge is -2.28. The standard InChI is InChI=1S/C19H28N2O2.ClH/c20-19(11-4-5-12-19)18(22)21-13-10-17(15-21)23-14-6-9-16-7-2-1-3-8-16;/h1-3,7-8,17H,4-6,9-15,20H2;1H. The number of hydrogen-bond acceptors (Lipinski definition) is 3. The molecule has 1 aromatic carbocycles. The van der Waals surface area contributed by atoms with Crippen molar-refractivity contribution in [2.75, 3.05) is 19.7 Å². The fraction of sp³-hybridized carbons (Fsp3) is 0.632. The second-order valence-electron chi connectivity index (χ2n) is 6.99. The molecule has 0 radical (unpaired) electrons. The Morgan fingerprint density at radius 3 is 2.67 bits per heavy atom. The average Bonchev–Trinajstić information content (AvgIpc) is 3.22. The van der Waals surface area contributed by atoms with Crippen LogP contribution in [0.25, 0.3) is 0 Å². The molecule has 1 aliphatic carbocycles. The van der Waals surface area contributed by atoms with Gasteiger partial charge in [-0.05, 0) is 37.7 Å². The van der Waals surface area contributed by atoms with Crippen LogP contribution < -0.4 is 5.73 Å². The fourth-order valence-electron chi connectivity index (χ4n) is 3.75. The largest absolute Gasteiger partial charge is 0.376 e. The molecule has 134 valence electrons. The van der Waals surface area contributed by atoms with Crippen LogP contribution in [0.3, 0.4) is 0 Å². The zero-order valence-corrected chi connectivity index (χ0v) is 15.1. The van der Waals surface area contributed by atoms with Crippen LogP contribution in [0.4, 0.5) is 0 Å². The monoisotopic (exact) mass is 352 g/mol. The van der Waals surface area contributed by atoms with E-state index in [9.17, 15) is 4.79 Å². The number of ether oxygens (including phenoxy) is 1. The highest BCUT2D eigenvalue weighted by atomic mass is 35.5. The van der Waals surface area contributed by atoms with Gasteiger partial charge in [0.25, 0.3) is 0 Å². The van der Waals surface area contributed by atoms with Crippen LogP contribution in [-0.2, 0) is 16.0 Å². The zero-order chi connectivity index (χ0) is 16.1. The molecule has 1 heterocycles. The maximum Gasteiger partial charge on any atom is 0.242 e. The van der Waals surface area contributed by atoms with Gasteiger partial charge in [-0.25, -0.2) is 0 Å². The Kier molecular flexibility index (Phi) is 7.08. The number of aryl methyl sites for hydroxylation is 1. The van der Waals surface area contributed by atoms with Crippen LogP contribution in [0.15, 0.2) is 30.3 Å². The predicted molar refractivity (Wildman–Crippen MR) is 98.3 cm³/mol. The summed E-state index contributed by atoms with van der Waals surface area (Å²) >= 11 is 0. The number of benzene rings is 1. The molecule has 1 aromatic rings. The van der Waals surface area contributed by atoms with E-state index in [1.165, 1.54) is 5.56 Å². The Labute approximate surface area is 151 Å². The first-order chi connectivity index (χ1) is 11.2. The first-order valence-corrected chi connectivity index (χ1v) is 8.91. The number of amides is 1. The molecule has 1 saturated heterocycles. The fourth-order valence-corrected chi connectivity index (χ4v) is 3.75. The van der Waals surface area contributed by atoms with Gasteiger partial charge >= 0.3 is 0 Å². The van der Waals surface area contributed by atoms with Crippen molar-refractivity contribution in [2.45, 2.75) is 56.6 Å². The minimum atomic E-state index is -0.595. The highest BCUT2D eigenvalue weighted by Gasteiger charge is 2.41. The van der Waals surface area contributed by atoms with Crippen molar-refractivity contribution in [3.8, 4) is 0 Å². The summed E-state index contributed by atoms with van der Waals surface area (Å²) < 4.78 is 5.97. The minimum Gasteiger partial charge on any atom is -0.376 e. The second-order valence-corrected chi connectivity index (χ2v) is 6.99. The van der Waals surface area contributed by atoms with E-state index in [0.717, 1.165) is 58.1 Å². The third-order valence-corrected chi connectivity index (χ3v) is 5.16. The molecular weight excluding hydrogens is 324 g/mol. The van der Waals surface area contributed by atoms with Gasteiger partial charge in [0.05, 0.1) is 11.6 Å². The van der Waals surface area contributed by atoms with E-state index in [1.807, 2.05) is 11.0 Å². The smallest absolute Gasteiger partial charge is 0.242 e. The molecule has 1 aliphatic heterocycles. The molecule has 3 rings (SSSR count). The minimum absolute atomic E-state index is 0. The number of nitrogens with zero attached hydrogens (tertiary/aromatic N) is 1. The molecule has 5 heteroatoms. The van der Waals surface area contributed by atoms with E-state index in [1.54, 1.807) is 0 Å². The molecule has 1 atom stereocenters. The maximum absolute atomic E-state index is 12.6. The van der Waals surface area contributed by atoms with E-state index in [2.05, 4.69) is 24.3 Å². The second kappa shape index (κ2) is 8.84. The van der Waals surface area contributed by atoms with Gasteiger partial charge in [0.2, 0.25) is 5.91 Å². The van der Waals surface area contributed by atoms with Gasteiger partial charge in [-0.2, -0.15) is 0 Å². The van der Waals surface area contributed by atoms with Gasteiger partial charge < -0.3 is 15.4 Å². The van der Waals surface area contributed by atoms with Gasteiger partial charge in [0, 0.05) is 19.7 Å². The number of nitrogens with two attached hydrogens (primary N) is 1. The summed E-state index contributed by atoms with van der Waals surface area (Å²) in [5.74, 6) is 0.144. The van der Waals surface area contributed by atoms with Crippen LogP contribution in [0.2, 0.25) is 0 Å². The van der Waals surface area contributed by atoms with Crippen molar-refractivity contribution >= 4 is 18.3 Å². The number of rotatable bonds is 6. The summed E-state index contributed by atoms with van der Waals surface area (Å²) in [5.41, 5.74) is 7.04. The molecule has 4 nitrogen and oxygen atoms in total. The lowest BCUT2D eigenvalue weighted by atomic mass is 9.97. The normalized spacial score (nSPS) is 22.4. The van der Waals surface area contributed by atoms with E-state index in [0.29, 0.717) is 6.54 Å². The summed E-state index contributed by atoms with van der Waals surface area (Å²) in [6.07, 6.45) is 7.02. The molecule has 0 spiro atoms. The molecule has 2 N–H and O–H groups in total. The first kappa shape index (κ1) is 19.2. The van der Waals surface area contributed by atoms with E-state index in [-0.39, 0.29) is 24.4 Å². The molecule has 24 heavy (non-hydrogen) atoms. The zero-order valence-electron chi connectivity index (χ0n) is 14.3. The molecule has 0 aromatic heterocycles. The van der Waals surface area contributed by atoms with Gasteiger partial charge in [0.1, 0.15) is 0 Å². The highest BCUT2D eigenvalue weighted by molar-refractivity contribution is 5.86. The molecule has 1 unspecified atom stereocenters. The van der Waals surface area contributed by atoms with Gasteiger partial charge in [-0.1, -0.05) is 43.2 Å². The quantitative estimate of drug-likeness (QED) is 0.801. The Hall–Kier alpha value is -1.10. The van der Waals surface area contributed by atoms with Crippen LogP contribution in [0.1, 0.15) is 44.1 Å².